The van der Waals surface area contributed by atoms with E-state index in [4.69, 9.17) is 4.74 Å². The highest BCUT2D eigenvalue weighted by atomic mass is 16.5. The molecular weight excluding hydrogens is 166 g/mol. The molecule has 0 atom stereocenters. The summed E-state index contributed by atoms with van der Waals surface area (Å²) < 4.78 is 7.31. The molecule has 0 fully saturated rings. The maximum absolute atomic E-state index is 5.51. The van der Waals surface area contributed by atoms with Crippen molar-refractivity contribution in [3.63, 3.8) is 0 Å². The van der Waals surface area contributed by atoms with Crippen LogP contribution in [0.25, 0.3) is 5.69 Å². The van der Waals surface area contributed by atoms with Crippen molar-refractivity contribution in [3.05, 3.63) is 36.2 Å². The van der Waals surface area contributed by atoms with E-state index >= 15 is 0 Å². The van der Waals surface area contributed by atoms with Crippen molar-refractivity contribution in [2.45, 2.75) is 6.61 Å². The largest absolute Gasteiger partial charge is 0.485 e. The Morgan fingerprint density at radius 2 is 2.23 bits per heavy atom. The number of para-hydroxylation sites is 2. The van der Waals surface area contributed by atoms with Gasteiger partial charge < -0.3 is 4.74 Å². The number of hydrogen-bond acceptors (Lipinski definition) is 3. The predicted molar refractivity (Wildman–Crippen MR) is 45.7 cm³/mol. The van der Waals surface area contributed by atoms with Crippen LogP contribution in [0.15, 0.2) is 30.5 Å². The minimum absolute atomic E-state index is 0.546. The first-order valence-electron chi connectivity index (χ1n) is 4.07. The average Bonchev–Trinajstić information content (AvgIpc) is 2.65. The zero-order chi connectivity index (χ0) is 8.67. The normalized spacial score (nSPS) is 12.9. The molecule has 0 saturated carbocycles. The van der Waals surface area contributed by atoms with Gasteiger partial charge in [0.1, 0.15) is 23.7 Å². The Morgan fingerprint density at radius 1 is 1.31 bits per heavy atom. The van der Waals surface area contributed by atoms with E-state index in [1.807, 2.05) is 24.3 Å². The molecule has 0 amide bonds. The monoisotopic (exact) mass is 173 g/mol. The van der Waals surface area contributed by atoms with E-state index in [2.05, 4.69) is 10.3 Å². The molecule has 0 radical (unpaired) electrons. The van der Waals surface area contributed by atoms with Crippen LogP contribution in [0.5, 0.6) is 5.75 Å². The summed E-state index contributed by atoms with van der Waals surface area (Å²) in [5, 5.41) is 7.82. The van der Waals surface area contributed by atoms with Crippen molar-refractivity contribution < 1.29 is 4.74 Å². The second-order valence-corrected chi connectivity index (χ2v) is 2.89. The molecule has 1 aromatic heterocycles. The molecule has 0 N–H and O–H groups in total. The van der Waals surface area contributed by atoms with Gasteiger partial charge >= 0.3 is 0 Å². The molecule has 1 aromatic carbocycles. The summed E-state index contributed by atoms with van der Waals surface area (Å²) in [6.07, 6.45) is 1.72. The van der Waals surface area contributed by atoms with Crippen LogP contribution in [0.1, 0.15) is 5.69 Å². The Bertz CT molecular complexity index is 450. The van der Waals surface area contributed by atoms with Gasteiger partial charge in [-0.15, -0.1) is 5.10 Å². The fourth-order valence-electron chi connectivity index (χ4n) is 1.46. The Morgan fingerprint density at radius 3 is 3.23 bits per heavy atom. The maximum atomic E-state index is 5.51. The molecule has 1 aliphatic rings. The minimum atomic E-state index is 0.546. The van der Waals surface area contributed by atoms with Gasteiger partial charge in [0.15, 0.2) is 0 Å². The lowest BCUT2D eigenvalue weighted by atomic mass is 10.2. The van der Waals surface area contributed by atoms with Crippen LogP contribution in [-0.4, -0.2) is 15.0 Å². The minimum Gasteiger partial charge on any atom is -0.485 e. The number of rotatable bonds is 0. The van der Waals surface area contributed by atoms with Gasteiger partial charge in [-0.1, -0.05) is 17.3 Å². The molecular formula is C9H7N3O. The van der Waals surface area contributed by atoms with E-state index in [1.165, 1.54) is 0 Å². The van der Waals surface area contributed by atoms with Gasteiger partial charge in [0.05, 0.1) is 6.20 Å². The molecule has 3 rings (SSSR count). The van der Waals surface area contributed by atoms with Crippen LogP contribution in [0, 0.1) is 0 Å². The fraction of sp³-hybridized carbons (Fsp3) is 0.111. The Kier molecular flexibility index (Phi) is 1.19. The SMILES string of the molecule is c1ccc2c(c1)OCc1cnnn1-2. The van der Waals surface area contributed by atoms with Crippen molar-refractivity contribution in [1.82, 2.24) is 15.0 Å². The van der Waals surface area contributed by atoms with Gasteiger partial charge in [-0.05, 0) is 12.1 Å². The van der Waals surface area contributed by atoms with Gasteiger partial charge in [0, 0.05) is 0 Å². The summed E-state index contributed by atoms with van der Waals surface area (Å²) >= 11 is 0. The third-order valence-electron chi connectivity index (χ3n) is 2.09. The fourth-order valence-corrected chi connectivity index (χ4v) is 1.46. The zero-order valence-corrected chi connectivity index (χ0v) is 6.84. The lowest BCUT2D eigenvalue weighted by Crippen LogP contribution is -2.12. The highest BCUT2D eigenvalue weighted by Crippen LogP contribution is 2.27. The second-order valence-electron chi connectivity index (χ2n) is 2.89. The lowest BCUT2D eigenvalue weighted by Gasteiger charge is -2.17. The topological polar surface area (TPSA) is 39.9 Å². The van der Waals surface area contributed by atoms with E-state index in [-0.39, 0.29) is 0 Å². The maximum Gasteiger partial charge on any atom is 0.145 e. The summed E-state index contributed by atoms with van der Waals surface area (Å²) in [6.45, 7) is 0.546. The van der Waals surface area contributed by atoms with Gasteiger partial charge in [0.25, 0.3) is 0 Å². The number of benzene rings is 1. The zero-order valence-electron chi connectivity index (χ0n) is 6.84. The first-order valence-corrected chi connectivity index (χ1v) is 4.07. The first kappa shape index (κ1) is 6.65. The molecule has 64 valence electrons. The van der Waals surface area contributed by atoms with Crippen molar-refractivity contribution in [2.75, 3.05) is 0 Å². The molecule has 2 aromatic rings. The molecule has 0 saturated heterocycles. The third kappa shape index (κ3) is 0.853. The van der Waals surface area contributed by atoms with Crippen molar-refractivity contribution >= 4 is 0 Å². The summed E-state index contributed by atoms with van der Waals surface area (Å²) in [7, 11) is 0. The van der Waals surface area contributed by atoms with Crippen molar-refractivity contribution in [3.8, 4) is 11.4 Å². The first-order chi connectivity index (χ1) is 6.45. The van der Waals surface area contributed by atoms with Crippen molar-refractivity contribution in [2.24, 2.45) is 0 Å². The molecule has 4 nitrogen and oxygen atoms in total. The Hall–Kier alpha value is -1.84. The van der Waals surface area contributed by atoms with E-state index in [0.29, 0.717) is 6.61 Å². The molecule has 0 aliphatic carbocycles. The van der Waals surface area contributed by atoms with E-state index in [9.17, 15) is 0 Å². The molecule has 0 spiro atoms. The molecule has 13 heavy (non-hydrogen) atoms. The van der Waals surface area contributed by atoms with Crippen molar-refractivity contribution in [1.29, 1.82) is 0 Å². The lowest BCUT2D eigenvalue weighted by molar-refractivity contribution is 0.281. The van der Waals surface area contributed by atoms with Crippen LogP contribution >= 0.6 is 0 Å². The van der Waals surface area contributed by atoms with Gasteiger partial charge in [0.2, 0.25) is 0 Å². The van der Waals surface area contributed by atoms with E-state index in [0.717, 1.165) is 17.1 Å². The molecule has 4 heteroatoms. The van der Waals surface area contributed by atoms with Crippen LogP contribution in [0.3, 0.4) is 0 Å². The Balaban J connectivity index is 2.30. The van der Waals surface area contributed by atoms with Gasteiger partial charge in [-0.2, -0.15) is 0 Å². The molecule has 1 aliphatic heterocycles. The molecule has 0 bridgehead atoms. The third-order valence-corrected chi connectivity index (χ3v) is 2.09. The van der Waals surface area contributed by atoms with Crippen LogP contribution < -0.4 is 4.74 Å². The molecule has 2 heterocycles. The number of ether oxygens (including phenoxy) is 1. The quantitative estimate of drug-likeness (QED) is 0.600. The number of nitrogens with zero attached hydrogens (tertiary/aromatic N) is 3. The number of fused-ring (bicyclic) bond motifs is 3. The van der Waals surface area contributed by atoms with Crippen LogP contribution in [-0.2, 0) is 6.61 Å². The number of aromatic nitrogens is 3. The number of hydrogen-bond donors (Lipinski definition) is 0. The van der Waals surface area contributed by atoms with Gasteiger partial charge in [-0.25, -0.2) is 4.68 Å². The van der Waals surface area contributed by atoms with Gasteiger partial charge in [-0.3, -0.25) is 0 Å². The summed E-state index contributed by atoms with van der Waals surface area (Å²) in [5.41, 5.74) is 1.94. The summed E-state index contributed by atoms with van der Waals surface area (Å²) in [6, 6.07) is 7.80. The van der Waals surface area contributed by atoms with Crippen LogP contribution in [0.4, 0.5) is 0 Å². The second kappa shape index (κ2) is 2.32. The molecule has 0 unspecified atom stereocenters. The highest BCUT2D eigenvalue weighted by molar-refractivity contribution is 5.48. The van der Waals surface area contributed by atoms with Crippen LogP contribution in [0.2, 0.25) is 0 Å². The highest BCUT2D eigenvalue weighted by Gasteiger charge is 2.16. The predicted octanol–water partition coefficient (Wildman–Crippen LogP) is 1.16. The van der Waals surface area contributed by atoms with E-state index < -0.39 is 0 Å². The standard InChI is InChI=1S/C9H7N3O/c1-2-4-9-8(3-1)12-7(6-13-9)5-10-11-12/h1-5H,6H2. The van der Waals surface area contributed by atoms with E-state index in [1.54, 1.807) is 10.9 Å². The smallest absolute Gasteiger partial charge is 0.145 e. The summed E-state index contributed by atoms with van der Waals surface area (Å²) in [5.74, 6) is 0.862. The Labute approximate surface area is 74.8 Å². The summed E-state index contributed by atoms with van der Waals surface area (Å²) in [4.78, 5) is 0. The average molecular weight is 173 g/mol.